The number of nitrogens with zero attached hydrogens (tertiary/aromatic N) is 6. The van der Waals surface area contributed by atoms with Crippen molar-refractivity contribution in [2.24, 2.45) is 0 Å². The molecule has 1 N–H and O–H groups in total. The molecular formula is C14H23N7. The third-order valence-electron chi connectivity index (χ3n) is 4.65. The van der Waals surface area contributed by atoms with Gasteiger partial charge in [-0.1, -0.05) is 25.7 Å². The van der Waals surface area contributed by atoms with Crippen molar-refractivity contribution >= 4 is 11.5 Å². The number of hydrogen-bond donors (Lipinski definition) is 1. The van der Waals surface area contributed by atoms with E-state index in [9.17, 15) is 0 Å². The van der Waals surface area contributed by atoms with Gasteiger partial charge in [0.05, 0.1) is 0 Å². The quantitative estimate of drug-likeness (QED) is 0.862. The smallest absolute Gasteiger partial charge is 0.200 e. The number of fused-ring (bicyclic) bond motifs is 1. The number of anilines is 1. The van der Waals surface area contributed by atoms with E-state index in [0.29, 0.717) is 5.65 Å². The Morgan fingerprint density at radius 1 is 1.19 bits per heavy atom. The summed E-state index contributed by atoms with van der Waals surface area (Å²) in [4.78, 5) is 2.38. The summed E-state index contributed by atoms with van der Waals surface area (Å²) in [5, 5.41) is 19.2. The summed E-state index contributed by atoms with van der Waals surface area (Å²) >= 11 is 0. The van der Waals surface area contributed by atoms with Crippen LogP contribution in [0.25, 0.3) is 5.65 Å². The van der Waals surface area contributed by atoms with Crippen LogP contribution in [0.4, 0.5) is 5.82 Å². The second-order valence-electron chi connectivity index (χ2n) is 6.13. The van der Waals surface area contributed by atoms with Crippen molar-refractivity contribution in [3.8, 4) is 0 Å². The molecule has 0 aliphatic heterocycles. The van der Waals surface area contributed by atoms with Gasteiger partial charge in [0.2, 0.25) is 0 Å². The molecule has 1 fully saturated rings. The Bertz CT molecular complexity index is 584. The van der Waals surface area contributed by atoms with Gasteiger partial charge in [-0.25, -0.2) is 0 Å². The molecule has 0 unspecified atom stereocenters. The fourth-order valence-corrected chi connectivity index (χ4v) is 3.17. The van der Waals surface area contributed by atoms with Crippen molar-refractivity contribution in [3.05, 3.63) is 12.1 Å². The van der Waals surface area contributed by atoms with E-state index in [1.54, 1.807) is 0 Å². The topological polar surface area (TPSA) is 71.2 Å². The van der Waals surface area contributed by atoms with Crippen LogP contribution in [-0.2, 0) is 0 Å². The molecule has 114 valence electrons. The standard InChI is InChI=1S/C14H23N7/c1-20(2)14(9-5-3-4-6-10-14)11-15-12-7-8-13-16-18-19-21(13)17-12/h7-8H,3-6,9-11H2,1-2H3,(H,15,17). The Labute approximate surface area is 124 Å². The predicted octanol–water partition coefficient (Wildman–Crippen LogP) is 1.59. The minimum Gasteiger partial charge on any atom is -0.367 e. The molecule has 3 rings (SSSR count). The molecule has 7 heteroatoms. The highest BCUT2D eigenvalue weighted by Gasteiger charge is 2.32. The van der Waals surface area contributed by atoms with Crippen molar-refractivity contribution < 1.29 is 0 Å². The van der Waals surface area contributed by atoms with Gasteiger partial charge < -0.3 is 10.2 Å². The van der Waals surface area contributed by atoms with Gasteiger partial charge in [-0.05, 0) is 49.5 Å². The van der Waals surface area contributed by atoms with Crippen LogP contribution >= 0.6 is 0 Å². The summed E-state index contributed by atoms with van der Waals surface area (Å²) in [6.07, 6.45) is 7.79. The molecule has 0 bridgehead atoms. The fraction of sp³-hybridized carbons (Fsp3) is 0.714. The highest BCUT2D eigenvalue weighted by Crippen LogP contribution is 2.31. The highest BCUT2D eigenvalue weighted by molar-refractivity contribution is 5.42. The number of aromatic nitrogens is 5. The average molecular weight is 289 g/mol. The van der Waals surface area contributed by atoms with E-state index in [1.165, 1.54) is 43.2 Å². The molecule has 0 saturated heterocycles. The van der Waals surface area contributed by atoms with Crippen LogP contribution in [0, 0.1) is 0 Å². The third-order valence-corrected chi connectivity index (χ3v) is 4.65. The first-order valence-electron chi connectivity index (χ1n) is 7.66. The molecule has 1 saturated carbocycles. The molecule has 2 heterocycles. The Morgan fingerprint density at radius 2 is 1.95 bits per heavy atom. The van der Waals surface area contributed by atoms with Crippen LogP contribution in [0.5, 0.6) is 0 Å². The summed E-state index contributed by atoms with van der Waals surface area (Å²) < 4.78 is 1.46. The van der Waals surface area contributed by atoms with Crippen LogP contribution in [0.1, 0.15) is 38.5 Å². The first-order chi connectivity index (χ1) is 10.2. The maximum Gasteiger partial charge on any atom is 0.200 e. The van der Waals surface area contributed by atoms with Crippen LogP contribution in [0.2, 0.25) is 0 Å². The predicted molar refractivity (Wildman–Crippen MR) is 81.2 cm³/mol. The Morgan fingerprint density at radius 3 is 2.67 bits per heavy atom. The molecular weight excluding hydrogens is 266 g/mol. The van der Waals surface area contributed by atoms with E-state index >= 15 is 0 Å². The number of hydrogen-bond acceptors (Lipinski definition) is 6. The highest BCUT2D eigenvalue weighted by atomic mass is 15.6. The molecule has 1 aliphatic carbocycles. The zero-order valence-corrected chi connectivity index (χ0v) is 12.8. The lowest BCUT2D eigenvalue weighted by Crippen LogP contribution is -2.49. The van der Waals surface area contributed by atoms with Crippen LogP contribution in [0.15, 0.2) is 12.1 Å². The second kappa shape index (κ2) is 5.93. The third kappa shape index (κ3) is 2.97. The van der Waals surface area contributed by atoms with Crippen molar-refractivity contribution in [1.82, 2.24) is 30.2 Å². The molecule has 0 atom stereocenters. The molecule has 1 aliphatic rings. The van der Waals surface area contributed by atoms with Crippen LogP contribution in [0.3, 0.4) is 0 Å². The second-order valence-corrected chi connectivity index (χ2v) is 6.13. The van der Waals surface area contributed by atoms with E-state index in [1.807, 2.05) is 12.1 Å². The largest absolute Gasteiger partial charge is 0.367 e. The molecule has 0 amide bonds. The van der Waals surface area contributed by atoms with Crippen molar-refractivity contribution in [2.45, 2.75) is 44.1 Å². The number of nitrogens with one attached hydrogen (secondary N) is 1. The van der Waals surface area contributed by atoms with Crippen molar-refractivity contribution in [2.75, 3.05) is 26.0 Å². The van der Waals surface area contributed by atoms with Gasteiger partial charge in [0, 0.05) is 12.1 Å². The molecule has 7 nitrogen and oxygen atoms in total. The van der Waals surface area contributed by atoms with E-state index in [-0.39, 0.29) is 5.54 Å². The van der Waals surface area contributed by atoms with Crippen molar-refractivity contribution in [3.63, 3.8) is 0 Å². The van der Waals surface area contributed by atoms with E-state index in [2.05, 4.69) is 44.9 Å². The summed E-state index contributed by atoms with van der Waals surface area (Å²) in [5.74, 6) is 0.820. The van der Waals surface area contributed by atoms with Gasteiger partial charge in [0.15, 0.2) is 5.65 Å². The number of likely N-dealkylation sites (N-methyl/N-ethyl adjacent to an activating group) is 1. The zero-order chi connectivity index (χ0) is 14.7. The lowest BCUT2D eigenvalue weighted by molar-refractivity contribution is 0.143. The average Bonchev–Trinajstić information content (AvgIpc) is 2.81. The van der Waals surface area contributed by atoms with Gasteiger partial charge in [-0.15, -0.1) is 14.8 Å². The van der Waals surface area contributed by atoms with Crippen LogP contribution in [-0.4, -0.2) is 56.3 Å². The molecule has 2 aromatic heterocycles. The van der Waals surface area contributed by atoms with E-state index in [0.717, 1.165) is 12.4 Å². The molecule has 0 aromatic carbocycles. The molecule has 21 heavy (non-hydrogen) atoms. The van der Waals surface area contributed by atoms with E-state index < -0.39 is 0 Å². The minimum absolute atomic E-state index is 0.216. The number of tetrazole rings is 1. The fourth-order valence-electron chi connectivity index (χ4n) is 3.17. The molecule has 0 spiro atoms. The SMILES string of the molecule is CN(C)C1(CNc2ccc3nnnn3n2)CCCCCC1. The van der Waals surface area contributed by atoms with Crippen molar-refractivity contribution in [1.29, 1.82) is 0 Å². The Hall–Kier alpha value is -1.76. The van der Waals surface area contributed by atoms with Crippen LogP contribution < -0.4 is 5.32 Å². The lowest BCUT2D eigenvalue weighted by atomic mass is 9.88. The number of rotatable bonds is 4. The Balaban J connectivity index is 1.73. The van der Waals surface area contributed by atoms with Gasteiger partial charge in [0.1, 0.15) is 5.82 Å². The minimum atomic E-state index is 0.216. The summed E-state index contributed by atoms with van der Waals surface area (Å²) in [5.41, 5.74) is 0.880. The van der Waals surface area contributed by atoms with E-state index in [4.69, 9.17) is 0 Å². The normalized spacial score (nSPS) is 18.8. The Kier molecular flexibility index (Phi) is 4.01. The lowest BCUT2D eigenvalue weighted by Gasteiger charge is -2.39. The van der Waals surface area contributed by atoms with Gasteiger partial charge in [-0.3, -0.25) is 0 Å². The summed E-state index contributed by atoms with van der Waals surface area (Å²) in [6.45, 7) is 0.903. The van der Waals surface area contributed by atoms with Gasteiger partial charge >= 0.3 is 0 Å². The first kappa shape index (κ1) is 14.2. The first-order valence-corrected chi connectivity index (χ1v) is 7.66. The maximum atomic E-state index is 4.38. The molecule has 0 radical (unpaired) electrons. The van der Waals surface area contributed by atoms with Gasteiger partial charge in [-0.2, -0.15) is 0 Å². The maximum absolute atomic E-state index is 4.38. The monoisotopic (exact) mass is 289 g/mol. The zero-order valence-electron chi connectivity index (χ0n) is 12.8. The molecule has 2 aromatic rings. The summed E-state index contributed by atoms with van der Waals surface area (Å²) in [7, 11) is 4.37. The van der Waals surface area contributed by atoms with Gasteiger partial charge in [0.25, 0.3) is 0 Å². The summed E-state index contributed by atoms with van der Waals surface area (Å²) in [6, 6.07) is 3.82.